The SMILES string of the molecule is Cc1cc2c(cc1F)nc(CCl)n2CCCOCC(C)C. The highest BCUT2D eigenvalue weighted by atomic mass is 35.5. The summed E-state index contributed by atoms with van der Waals surface area (Å²) >= 11 is 5.96. The highest BCUT2D eigenvalue weighted by Crippen LogP contribution is 2.21. The zero-order valence-electron chi connectivity index (χ0n) is 12.8. The van der Waals surface area contributed by atoms with Crippen LogP contribution in [0, 0.1) is 18.7 Å². The van der Waals surface area contributed by atoms with Crippen molar-refractivity contribution in [1.29, 1.82) is 0 Å². The molecule has 3 nitrogen and oxygen atoms in total. The van der Waals surface area contributed by atoms with Crippen molar-refractivity contribution in [2.45, 2.75) is 39.6 Å². The van der Waals surface area contributed by atoms with E-state index in [9.17, 15) is 4.39 Å². The normalized spacial score (nSPS) is 11.7. The van der Waals surface area contributed by atoms with Gasteiger partial charge in [-0.3, -0.25) is 0 Å². The van der Waals surface area contributed by atoms with Crippen LogP contribution in [0.15, 0.2) is 12.1 Å². The van der Waals surface area contributed by atoms with Crippen LogP contribution in [0.3, 0.4) is 0 Å². The number of aromatic nitrogens is 2. The second-order valence-electron chi connectivity index (χ2n) is 5.73. The van der Waals surface area contributed by atoms with Crippen LogP contribution in [-0.4, -0.2) is 22.8 Å². The van der Waals surface area contributed by atoms with E-state index < -0.39 is 0 Å². The van der Waals surface area contributed by atoms with Crippen molar-refractivity contribution in [3.63, 3.8) is 0 Å². The Morgan fingerprint density at radius 3 is 2.81 bits per heavy atom. The number of aryl methyl sites for hydroxylation is 2. The Hall–Kier alpha value is -1.13. The smallest absolute Gasteiger partial charge is 0.128 e. The minimum Gasteiger partial charge on any atom is -0.381 e. The lowest BCUT2D eigenvalue weighted by atomic mass is 10.2. The largest absolute Gasteiger partial charge is 0.381 e. The molecule has 0 N–H and O–H groups in total. The third-order valence-electron chi connectivity index (χ3n) is 3.35. The summed E-state index contributed by atoms with van der Waals surface area (Å²) in [5, 5.41) is 0. The van der Waals surface area contributed by atoms with Crippen LogP contribution in [0.5, 0.6) is 0 Å². The van der Waals surface area contributed by atoms with Crippen molar-refractivity contribution in [3.8, 4) is 0 Å². The number of hydrogen-bond acceptors (Lipinski definition) is 2. The van der Waals surface area contributed by atoms with Gasteiger partial charge in [0.25, 0.3) is 0 Å². The van der Waals surface area contributed by atoms with E-state index in [0.717, 1.165) is 30.9 Å². The molecule has 0 unspecified atom stereocenters. The Morgan fingerprint density at radius 1 is 1.38 bits per heavy atom. The molecule has 2 rings (SSSR count). The molecule has 2 aromatic rings. The van der Waals surface area contributed by atoms with E-state index in [2.05, 4.69) is 23.4 Å². The van der Waals surface area contributed by atoms with Crippen LogP contribution in [0.4, 0.5) is 4.39 Å². The molecular weight excluding hydrogens is 291 g/mol. The Morgan fingerprint density at radius 2 is 2.14 bits per heavy atom. The van der Waals surface area contributed by atoms with Gasteiger partial charge in [0.2, 0.25) is 0 Å². The number of hydrogen-bond donors (Lipinski definition) is 0. The first-order valence-electron chi connectivity index (χ1n) is 7.32. The average Bonchev–Trinajstić information content (AvgIpc) is 2.76. The summed E-state index contributed by atoms with van der Waals surface area (Å²) in [6.45, 7) is 8.29. The van der Waals surface area contributed by atoms with Gasteiger partial charge in [0.05, 0.1) is 16.9 Å². The number of nitrogens with zero attached hydrogens (tertiary/aromatic N) is 2. The molecule has 5 heteroatoms. The van der Waals surface area contributed by atoms with E-state index in [1.807, 2.05) is 6.07 Å². The van der Waals surface area contributed by atoms with Crippen molar-refractivity contribution in [2.75, 3.05) is 13.2 Å². The van der Waals surface area contributed by atoms with Crippen LogP contribution in [-0.2, 0) is 17.2 Å². The summed E-state index contributed by atoms with van der Waals surface area (Å²) in [5.41, 5.74) is 2.23. The molecule has 0 radical (unpaired) electrons. The maximum absolute atomic E-state index is 13.6. The molecule has 0 spiro atoms. The van der Waals surface area contributed by atoms with Gasteiger partial charge in [-0.05, 0) is 30.9 Å². The van der Waals surface area contributed by atoms with Gasteiger partial charge in [-0.25, -0.2) is 9.37 Å². The van der Waals surface area contributed by atoms with Crippen molar-refractivity contribution >= 4 is 22.6 Å². The minimum absolute atomic E-state index is 0.228. The second-order valence-corrected chi connectivity index (χ2v) is 5.99. The Kier molecular flexibility index (Phi) is 5.59. The van der Waals surface area contributed by atoms with Gasteiger partial charge >= 0.3 is 0 Å². The Labute approximate surface area is 130 Å². The van der Waals surface area contributed by atoms with Crippen LogP contribution < -0.4 is 0 Å². The van der Waals surface area contributed by atoms with Crippen LogP contribution in [0.25, 0.3) is 11.0 Å². The lowest BCUT2D eigenvalue weighted by molar-refractivity contribution is 0.105. The minimum atomic E-state index is -0.228. The molecule has 0 saturated heterocycles. The summed E-state index contributed by atoms with van der Waals surface area (Å²) in [7, 11) is 0. The fraction of sp³-hybridized carbons (Fsp3) is 0.562. The molecule has 0 saturated carbocycles. The third-order valence-corrected chi connectivity index (χ3v) is 3.59. The van der Waals surface area contributed by atoms with Gasteiger partial charge in [0, 0.05) is 25.8 Å². The molecule has 0 aliphatic rings. The summed E-state index contributed by atoms with van der Waals surface area (Å²) in [5.74, 6) is 1.42. The van der Waals surface area contributed by atoms with Crippen LogP contribution >= 0.6 is 11.6 Å². The average molecular weight is 313 g/mol. The van der Waals surface area contributed by atoms with Crippen LogP contribution in [0.1, 0.15) is 31.7 Å². The molecule has 1 heterocycles. The number of imidazole rings is 1. The van der Waals surface area contributed by atoms with Crippen molar-refractivity contribution in [3.05, 3.63) is 29.3 Å². The van der Waals surface area contributed by atoms with Crippen LogP contribution in [0.2, 0.25) is 0 Å². The number of alkyl halides is 1. The predicted molar refractivity (Wildman–Crippen MR) is 84.3 cm³/mol. The Balaban J connectivity index is 2.12. The molecule has 116 valence electrons. The summed E-state index contributed by atoms with van der Waals surface area (Å²) in [4.78, 5) is 4.41. The van der Waals surface area contributed by atoms with Gasteiger partial charge in [-0.1, -0.05) is 13.8 Å². The van der Waals surface area contributed by atoms with Crippen molar-refractivity contribution < 1.29 is 9.13 Å². The van der Waals surface area contributed by atoms with E-state index in [4.69, 9.17) is 16.3 Å². The number of ether oxygens (including phenoxy) is 1. The number of rotatable bonds is 7. The highest BCUT2D eigenvalue weighted by Gasteiger charge is 2.12. The standard InChI is InChI=1S/C16H22ClFN2O/c1-11(2)10-21-6-4-5-20-15-7-12(3)13(18)8-14(15)19-16(20)9-17/h7-8,11H,4-6,9-10H2,1-3H3. The highest BCUT2D eigenvalue weighted by molar-refractivity contribution is 6.16. The fourth-order valence-electron chi connectivity index (χ4n) is 2.30. The molecule has 0 fully saturated rings. The maximum Gasteiger partial charge on any atom is 0.128 e. The molecule has 0 aliphatic carbocycles. The molecule has 0 bridgehead atoms. The predicted octanol–water partition coefficient (Wildman–Crippen LogP) is 4.29. The molecule has 0 amide bonds. The molecule has 21 heavy (non-hydrogen) atoms. The van der Waals surface area contributed by atoms with E-state index in [0.29, 0.717) is 29.5 Å². The fourth-order valence-corrected chi connectivity index (χ4v) is 2.50. The van der Waals surface area contributed by atoms with E-state index in [1.165, 1.54) is 6.07 Å². The number of halogens is 2. The molecule has 1 aromatic carbocycles. The zero-order chi connectivity index (χ0) is 15.4. The molecule has 0 atom stereocenters. The van der Waals surface area contributed by atoms with Gasteiger partial charge in [0.1, 0.15) is 11.6 Å². The lowest BCUT2D eigenvalue weighted by Crippen LogP contribution is -2.08. The molecular formula is C16H22ClFN2O. The molecule has 1 aromatic heterocycles. The summed E-state index contributed by atoms with van der Waals surface area (Å²) in [6.07, 6.45) is 0.887. The second kappa shape index (κ2) is 7.23. The number of benzene rings is 1. The monoisotopic (exact) mass is 312 g/mol. The van der Waals surface area contributed by atoms with Gasteiger partial charge in [-0.2, -0.15) is 0 Å². The quantitative estimate of drug-likeness (QED) is 0.563. The maximum atomic E-state index is 13.6. The van der Waals surface area contributed by atoms with Gasteiger partial charge in [-0.15, -0.1) is 11.6 Å². The first-order valence-corrected chi connectivity index (χ1v) is 7.85. The first-order chi connectivity index (χ1) is 10.0. The third kappa shape index (κ3) is 3.95. The molecule has 0 aliphatic heterocycles. The van der Waals surface area contributed by atoms with Crippen molar-refractivity contribution in [2.24, 2.45) is 5.92 Å². The van der Waals surface area contributed by atoms with E-state index in [1.54, 1.807) is 6.92 Å². The van der Waals surface area contributed by atoms with Gasteiger partial charge in [0.15, 0.2) is 0 Å². The number of fused-ring (bicyclic) bond motifs is 1. The zero-order valence-corrected chi connectivity index (χ0v) is 13.6. The van der Waals surface area contributed by atoms with E-state index in [-0.39, 0.29) is 5.82 Å². The van der Waals surface area contributed by atoms with E-state index >= 15 is 0 Å². The summed E-state index contributed by atoms with van der Waals surface area (Å²) < 4.78 is 21.3. The summed E-state index contributed by atoms with van der Waals surface area (Å²) in [6, 6.07) is 3.31. The Bertz CT molecular complexity index is 610. The lowest BCUT2D eigenvalue weighted by Gasteiger charge is -2.10. The topological polar surface area (TPSA) is 27.1 Å². The van der Waals surface area contributed by atoms with Gasteiger partial charge < -0.3 is 9.30 Å². The first kappa shape index (κ1) is 16.2. The van der Waals surface area contributed by atoms with Crippen molar-refractivity contribution in [1.82, 2.24) is 9.55 Å².